The summed E-state index contributed by atoms with van der Waals surface area (Å²) in [7, 11) is 0. The Labute approximate surface area is 94.0 Å². The average Bonchev–Trinajstić information content (AvgIpc) is 2.80. The smallest absolute Gasteiger partial charge is 0.0315 e. The lowest BCUT2D eigenvalue weighted by Crippen LogP contribution is -2.17. The Bertz CT molecular complexity index is 383. The molecule has 0 amide bonds. The molecule has 0 aromatic carbocycles. The standard InChI is InChI=1S/C12H14N2S/c1-10(12-3-2-5-13-8-12)14-7-11-4-6-15-9-11/h2-6,8-10,14H,7H2,1H3. The van der Waals surface area contributed by atoms with Gasteiger partial charge in [-0.1, -0.05) is 6.07 Å². The Hall–Kier alpha value is -1.19. The van der Waals surface area contributed by atoms with Gasteiger partial charge in [0.2, 0.25) is 0 Å². The van der Waals surface area contributed by atoms with Crippen LogP contribution >= 0.6 is 11.3 Å². The van der Waals surface area contributed by atoms with Crippen LogP contribution in [-0.2, 0) is 6.54 Å². The van der Waals surface area contributed by atoms with E-state index in [1.165, 1.54) is 11.1 Å². The normalized spacial score (nSPS) is 12.6. The number of hydrogen-bond acceptors (Lipinski definition) is 3. The van der Waals surface area contributed by atoms with Gasteiger partial charge in [-0.2, -0.15) is 11.3 Å². The van der Waals surface area contributed by atoms with E-state index >= 15 is 0 Å². The number of pyridine rings is 1. The van der Waals surface area contributed by atoms with Gasteiger partial charge in [0.15, 0.2) is 0 Å². The monoisotopic (exact) mass is 218 g/mol. The van der Waals surface area contributed by atoms with Gasteiger partial charge in [-0.25, -0.2) is 0 Å². The lowest BCUT2D eigenvalue weighted by atomic mass is 10.1. The summed E-state index contributed by atoms with van der Waals surface area (Å²) in [5.74, 6) is 0. The Kier molecular flexibility index (Phi) is 3.48. The predicted octanol–water partition coefficient (Wildman–Crippen LogP) is 2.99. The van der Waals surface area contributed by atoms with Gasteiger partial charge >= 0.3 is 0 Å². The predicted molar refractivity (Wildman–Crippen MR) is 63.8 cm³/mol. The topological polar surface area (TPSA) is 24.9 Å². The van der Waals surface area contributed by atoms with Gasteiger partial charge in [0.05, 0.1) is 0 Å². The Balaban J connectivity index is 1.90. The van der Waals surface area contributed by atoms with Crippen LogP contribution in [-0.4, -0.2) is 4.98 Å². The van der Waals surface area contributed by atoms with E-state index in [4.69, 9.17) is 0 Å². The first kappa shape index (κ1) is 10.3. The van der Waals surface area contributed by atoms with Gasteiger partial charge in [-0.05, 0) is 40.9 Å². The molecule has 0 bridgehead atoms. The van der Waals surface area contributed by atoms with E-state index < -0.39 is 0 Å². The van der Waals surface area contributed by atoms with Crippen LogP contribution in [0, 0.1) is 0 Å². The summed E-state index contributed by atoms with van der Waals surface area (Å²) < 4.78 is 0. The first-order chi connectivity index (χ1) is 7.36. The third-order valence-corrected chi connectivity index (χ3v) is 3.11. The van der Waals surface area contributed by atoms with Crippen molar-refractivity contribution in [2.75, 3.05) is 0 Å². The van der Waals surface area contributed by atoms with Crippen LogP contribution in [0.5, 0.6) is 0 Å². The number of nitrogens with zero attached hydrogens (tertiary/aromatic N) is 1. The fourth-order valence-corrected chi connectivity index (χ4v) is 2.08. The van der Waals surface area contributed by atoms with Crippen LogP contribution < -0.4 is 5.32 Å². The highest BCUT2D eigenvalue weighted by Crippen LogP contribution is 2.12. The second kappa shape index (κ2) is 5.05. The molecule has 2 aromatic rings. The van der Waals surface area contributed by atoms with Gasteiger partial charge in [0, 0.05) is 25.0 Å². The molecule has 0 aliphatic carbocycles. The molecule has 0 aliphatic rings. The molecule has 1 N–H and O–H groups in total. The molecular formula is C12H14N2S. The van der Waals surface area contributed by atoms with Gasteiger partial charge in [-0.3, -0.25) is 4.98 Å². The van der Waals surface area contributed by atoms with Crippen molar-refractivity contribution in [1.82, 2.24) is 10.3 Å². The van der Waals surface area contributed by atoms with Crippen molar-refractivity contribution in [2.24, 2.45) is 0 Å². The lowest BCUT2D eigenvalue weighted by molar-refractivity contribution is 0.574. The fourth-order valence-electron chi connectivity index (χ4n) is 1.41. The highest BCUT2D eigenvalue weighted by atomic mass is 32.1. The minimum Gasteiger partial charge on any atom is -0.306 e. The zero-order valence-corrected chi connectivity index (χ0v) is 9.50. The number of thiophene rings is 1. The van der Waals surface area contributed by atoms with E-state index in [1.54, 1.807) is 17.5 Å². The van der Waals surface area contributed by atoms with Crippen molar-refractivity contribution in [3.8, 4) is 0 Å². The minimum absolute atomic E-state index is 0.346. The summed E-state index contributed by atoms with van der Waals surface area (Å²) in [5.41, 5.74) is 2.57. The molecule has 2 aromatic heterocycles. The minimum atomic E-state index is 0.346. The summed E-state index contributed by atoms with van der Waals surface area (Å²) in [5, 5.41) is 7.74. The fraction of sp³-hybridized carbons (Fsp3) is 0.250. The van der Waals surface area contributed by atoms with Crippen LogP contribution in [0.3, 0.4) is 0 Å². The first-order valence-corrected chi connectivity index (χ1v) is 5.95. The van der Waals surface area contributed by atoms with Crippen molar-refractivity contribution in [3.05, 3.63) is 52.5 Å². The zero-order valence-electron chi connectivity index (χ0n) is 8.68. The lowest BCUT2D eigenvalue weighted by Gasteiger charge is -2.12. The molecule has 0 spiro atoms. The third kappa shape index (κ3) is 2.88. The second-order valence-electron chi connectivity index (χ2n) is 3.52. The van der Waals surface area contributed by atoms with Crippen LogP contribution in [0.15, 0.2) is 41.4 Å². The molecule has 2 heterocycles. The van der Waals surface area contributed by atoms with E-state index in [2.05, 4.69) is 40.1 Å². The van der Waals surface area contributed by atoms with Gasteiger partial charge < -0.3 is 5.32 Å². The SMILES string of the molecule is CC(NCc1ccsc1)c1cccnc1. The summed E-state index contributed by atoms with van der Waals surface area (Å²) in [6, 6.07) is 6.56. The molecule has 3 heteroatoms. The van der Waals surface area contributed by atoms with Crippen molar-refractivity contribution in [1.29, 1.82) is 0 Å². The van der Waals surface area contributed by atoms with Crippen molar-refractivity contribution < 1.29 is 0 Å². The van der Waals surface area contributed by atoms with Crippen molar-refractivity contribution in [2.45, 2.75) is 19.5 Å². The van der Waals surface area contributed by atoms with E-state index in [0.717, 1.165) is 6.54 Å². The molecule has 0 radical (unpaired) electrons. The van der Waals surface area contributed by atoms with Gasteiger partial charge in [0.1, 0.15) is 0 Å². The molecule has 1 atom stereocenters. The van der Waals surface area contributed by atoms with Crippen LogP contribution in [0.2, 0.25) is 0 Å². The van der Waals surface area contributed by atoms with Crippen molar-refractivity contribution >= 4 is 11.3 Å². The van der Waals surface area contributed by atoms with Crippen LogP contribution in [0.25, 0.3) is 0 Å². The molecule has 2 rings (SSSR count). The number of aromatic nitrogens is 1. The summed E-state index contributed by atoms with van der Waals surface area (Å²) in [6.07, 6.45) is 3.71. The maximum atomic E-state index is 4.11. The van der Waals surface area contributed by atoms with Gasteiger partial charge in [0.25, 0.3) is 0 Å². The van der Waals surface area contributed by atoms with E-state index in [-0.39, 0.29) is 0 Å². The Morgan fingerprint density at radius 2 is 2.40 bits per heavy atom. The zero-order chi connectivity index (χ0) is 10.5. The molecule has 78 valence electrons. The van der Waals surface area contributed by atoms with Crippen molar-refractivity contribution in [3.63, 3.8) is 0 Å². The average molecular weight is 218 g/mol. The molecule has 0 fully saturated rings. The molecule has 0 aliphatic heterocycles. The second-order valence-corrected chi connectivity index (χ2v) is 4.30. The van der Waals surface area contributed by atoms with E-state index in [9.17, 15) is 0 Å². The van der Waals surface area contributed by atoms with Crippen LogP contribution in [0.4, 0.5) is 0 Å². The third-order valence-electron chi connectivity index (χ3n) is 2.38. The molecular weight excluding hydrogens is 204 g/mol. The highest BCUT2D eigenvalue weighted by molar-refractivity contribution is 7.07. The highest BCUT2D eigenvalue weighted by Gasteiger charge is 2.03. The largest absolute Gasteiger partial charge is 0.306 e. The first-order valence-electron chi connectivity index (χ1n) is 5.00. The van der Waals surface area contributed by atoms with Crippen LogP contribution in [0.1, 0.15) is 24.1 Å². The summed E-state index contributed by atoms with van der Waals surface area (Å²) in [4.78, 5) is 4.11. The molecule has 15 heavy (non-hydrogen) atoms. The Morgan fingerprint density at radius 1 is 1.47 bits per heavy atom. The maximum Gasteiger partial charge on any atom is 0.0315 e. The van der Waals surface area contributed by atoms with Gasteiger partial charge in [-0.15, -0.1) is 0 Å². The molecule has 0 saturated heterocycles. The Morgan fingerprint density at radius 3 is 3.07 bits per heavy atom. The summed E-state index contributed by atoms with van der Waals surface area (Å²) in [6.45, 7) is 3.07. The number of hydrogen-bond donors (Lipinski definition) is 1. The molecule has 2 nitrogen and oxygen atoms in total. The summed E-state index contributed by atoms with van der Waals surface area (Å²) >= 11 is 1.73. The molecule has 0 saturated carbocycles. The number of rotatable bonds is 4. The van der Waals surface area contributed by atoms with E-state index in [1.807, 2.05) is 12.3 Å². The maximum absolute atomic E-state index is 4.11. The van der Waals surface area contributed by atoms with E-state index in [0.29, 0.717) is 6.04 Å². The molecule has 1 unspecified atom stereocenters. The quantitative estimate of drug-likeness (QED) is 0.853. The number of nitrogens with one attached hydrogen (secondary N) is 1.